The third-order valence-electron chi connectivity index (χ3n) is 1.92. The van der Waals surface area contributed by atoms with Crippen LogP contribution in [0, 0.1) is 0 Å². The van der Waals surface area contributed by atoms with Crippen molar-refractivity contribution in [2.45, 2.75) is 19.4 Å². The standard InChI is InChI=1S/C9H18N4S/c1-13(2)6-4-3-5-10-7-9-8-14-12-11-9/h8,10H,3-7H2,1-2H3. The lowest BCUT2D eigenvalue weighted by molar-refractivity contribution is 0.391. The third kappa shape index (κ3) is 5.26. The Morgan fingerprint density at radius 2 is 2.29 bits per heavy atom. The molecule has 0 spiro atoms. The van der Waals surface area contributed by atoms with Crippen LogP contribution in [-0.2, 0) is 6.54 Å². The van der Waals surface area contributed by atoms with Gasteiger partial charge >= 0.3 is 0 Å². The van der Waals surface area contributed by atoms with Gasteiger partial charge in [-0.25, -0.2) is 0 Å². The molecule has 0 aromatic carbocycles. The van der Waals surface area contributed by atoms with E-state index in [0.717, 1.165) is 18.8 Å². The molecule has 14 heavy (non-hydrogen) atoms. The predicted octanol–water partition coefficient (Wildman–Crippen LogP) is 0.969. The molecule has 0 fully saturated rings. The second kappa shape index (κ2) is 6.86. The van der Waals surface area contributed by atoms with Crippen molar-refractivity contribution in [1.29, 1.82) is 0 Å². The van der Waals surface area contributed by atoms with Crippen molar-refractivity contribution in [3.8, 4) is 0 Å². The van der Waals surface area contributed by atoms with E-state index < -0.39 is 0 Å². The predicted molar refractivity (Wildman–Crippen MR) is 59.4 cm³/mol. The minimum Gasteiger partial charge on any atom is -0.311 e. The molecule has 0 atom stereocenters. The fourth-order valence-electron chi connectivity index (χ4n) is 1.16. The van der Waals surface area contributed by atoms with Gasteiger partial charge in [-0.1, -0.05) is 4.49 Å². The minimum atomic E-state index is 0.846. The van der Waals surface area contributed by atoms with Crippen LogP contribution in [0.15, 0.2) is 5.38 Å². The number of hydrogen-bond acceptors (Lipinski definition) is 5. The SMILES string of the molecule is CN(C)CCCCNCc1csnn1. The Hall–Kier alpha value is -0.520. The molecule has 0 bridgehead atoms. The molecule has 80 valence electrons. The van der Waals surface area contributed by atoms with E-state index in [9.17, 15) is 0 Å². The van der Waals surface area contributed by atoms with E-state index in [1.807, 2.05) is 5.38 Å². The molecule has 0 amide bonds. The Labute approximate surface area is 89.5 Å². The number of hydrogen-bond donors (Lipinski definition) is 1. The highest BCUT2D eigenvalue weighted by atomic mass is 32.1. The van der Waals surface area contributed by atoms with Crippen molar-refractivity contribution in [3.05, 3.63) is 11.1 Å². The van der Waals surface area contributed by atoms with Crippen molar-refractivity contribution in [3.63, 3.8) is 0 Å². The number of nitrogens with zero attached hydrogens (tertiary/aromatic N) is 3. The van der Waals surface area contributed by atoms with Gasteiger partial charge in [0.05, 0.1) is 5.69 Å². The fourth-order valence-corrected chi connectivity index (χ4v) is 1.61. The van der Waals surface area contributed by atoms with Gasteiger partial charge in [-0.05, 0) is 51.6 Å². The average molecular weight is 214 g/mol. The molecule has 1 heterocycles. The van der Waals surface area contributed by atoms with Crippen molar-refractivity contribution >= 4 is 11.5 Å². The van der Waals surface area contributed by atoms with E-state index in [4.69, 9.17) is 0 Å². The van der Waals surface area contributed by atoms with Crippen molar-refractivity contribution in [2.24, 2.45) is 0 Å². The number of unbranched alkanes of at least 4 members (excludes halogenated alkanes) is 1. The molecule has 0 unspecified atom stereocenters. The first-order valence-corrected chi connectivity index (χ1v) is 5.74. The normalized spacial score (nSPS) is 11.1. The summed E-state index contributed by atoms with van der Waals surface area (Å²) in [6.07, 6.45) is 2.46. The monoisotopic (exact) mass is 214 g/mol. The molecule has 0 aliphatic rings. The summed E-state index contributed by atoms with van der Waals surface area (Å²) in [6, 6.07) is 0. The summed E-state index contributed by atoms with van der Waals surface area (Å²) in [5.74, 6) is 0. The van der Waals surface area contributed by atoms with Crippen LogP contribution in [0.2, 0.25) is 0 Å². The smallest absolute Gasteiger partial charge is 0.0893 e. The van der Waals surface area contributed by atoms with Gasteiger partial charge in [0.15, 0.2) is 0 Å². The molecule has 1 aromatic heterocycles. The zero-order chi connectivity index (χ0) is 10.2. The van der Waals surface area contributed by atoms with Crippen LogP contribution in [0.3, 0.4) is 0 Å². The van der Waals surface area contributed by atoms with Gasteiger partial charge in [-0.15, -0.1) is 5.10 Å². The topological polar surface area (TPSA) is 41.0 Å². The van der Waals surface area contributed by atoms with E-state index in [-0.39, 0.29) is 0 Å². The molecule has 1 rings (SSSR count). The maximum Gasteiger partial charge on any atom is 0.0893 e. The quantitative estimate of drug-likeness (QED) is 0.687. The average Bonchev–Trinajstić information content (AvgIpc) is 2.63. The van der Waals surface area contributed by atoms with E-state index in [0.29, 0.717) is 0 Å². The molecule has 4 nitrogen and oxygen atoms in total. The Morgan fingerprint density at radius 3 is 2.93 bits per heavy atom. The molecular weight excluding hydrogens is 196 g/mol. The molecule has 1 aromatic rings. The largest absolute Gasteiger partial charge is 0.311 e. The third-order valence-corrected chi connectivity index (χ3v) is 2.47. The van der Waals surface area contributed by atoms with Crippen LogP contribution in [-0.4, -0.2) is 41.7 Å². The van der Waals surface area contributed by atoms with E-state index >= 15 is 0 Å². The fraction of sp³-hybridized carbons (Fsp3) is 0.778. The van der Waals surface area contributed by atoms with Gasteiger partial charge in [0.25, 0.3) is 0 Å². The van der Waals surface area contributed by atoms with E-state index in [1.54, 1.807) is 0 Å². The Morgan fingerprint density at radius 1 is 1.43 bits per heavy atom. The van der Waals surface area contributed by atoms with Crippen LogP contribution >= 0.6 is 11.5 Å². The van der Waals surface area contributed by atoms with E-state index in [1.165, 1.54) is 30.9 Å². The highest BCUT2D eigenvalue weighted by Gasteiger charge is 1.95. The summed E-state index contributed by atoms with van der Waals surface area (Å²) >= 11 is 1.40. The first kappa shape index (κ1) is 11.6. The molecule has 5 heteroatoms. The maximum atomic E-state index is 3.96. The maximum absolute atomic E-state index is 3.96. The van der Waals surface area contributed by atoms with Crippen molar-refractivity contribution in [1.82, 2.24) is 19.8 Å². The van der Waals surface area contributed by atoms with Crippen LogP contribution in [0.25, 0.3) is 0 Å². The van der Waals surface area contributed by atoms with Gasteiger partial charge in [0.1, 0.15) is 0 Å². The van der Waals surface area contributed by atoms with Crippen molar-refractivity contribution < 1.29 is 0 Å². The highest BCUT2D eigenvalue weighted by molar-refractivity contribution is 7.03. The summed E-state index contributed by atoms with van der Waals surface area (Å²) in [5, 5.41) is 9.29. The summed E-state index contributed by atoms with van der Waals surface area (Å²) < 4.78 is 3.81. The zero-order valence-electron chi connectivity index (χ0n) is 8.86. The van der Waals surface area contributed by atoms with Crippen LogP contribution in [0.1, 0.15) is 18.5 Å². The summed E-state index contributed by atoms with van der Waals surface area (Å²) in [7, 11) is 4.21. The first-order chi connectivity index (χ1) is 6.79. The summed E-state index contributed by atoms with van der Waals surface area (Å²) in [6.45, 7) is 3.07. The van der Waals surface area contributed by atoms with Crippen LogP contribution in [0.4, 0.5) is 0 Å². The number of aromatic nitrogens is 2. The zero-order valence-corrected chi connectivity index (χ0v) is 9.68. The van der Waals surface area contributed by atoms with Crippen molar-refractivity contribution in [2.75, 3.05) is 27.2 Å². The summed E-state index contributed by atoms with van der Waals surface area (Å²) in [4.78, 5) is 2.21. The Kier molecular flexibility index (Phi) is 5.66. The van der Waals surface area contributed by atoms with Gasteiger partial charge in [-0.3, -0.25) is 0 Å². The van der Waals surface area contributed by atoms with Crippen LogP contribution < -0.4 is 5.32 Å². The molecule has 0 saturated heterocycles. The summed E-state index contributed by atoms with van der Waals surface area (Å²) in [5.41, 5.74) is 1.04. The number of rotatable bonds is 7. The van der Waals surface area contributed by atoms with Gasteiger partial charge in [-0.2, -0.15) is 0 Å². The second-order valence-corrected chi connectivity index (χ2v) is 4.19. The molecular formula is C9H18N4S. The highest BCUT2D eigenvalue weighted by Crippen LogP contribution is 1.96. The van der Waals surface area contributed by atoms with Gasteiger partial charge < -0.3 is 10.2 Å². The molecule has 1 N–H and O–H groups in total. The molecule has 0 aliphatic heterocycles. The van der Waals surface area contributed by atoms with Crippen LogP contribution in [0.5, 0.6) is 0 Å². The molecule has 0 radical (unpaired) electrons. The minimum absolute atomic E-state index is 0.846. The molecule has 0 aliphatic carbocycles. The lowest BCUT2D eigenvalue weighted by Gasteiger charge is -2.08. The number of nitrogens with one attached hydrogen (secondary N) is 1. The molecule has 0 saturated carbocycles. The van der Waals surface area contributed by atoms with E-state index in [2.05, 4.69) is 33.9 Å². The second-order valence-electron chi connectivity index (χ2n) is 3.58. The van der Waals surface area contributed by atoms with Gasteiger partial charge in [0, 0.05) is 11.9 Å². The Balaban J connectivity index is 1.90. The Bertz CT molecular complexity index is 223. The van der Waals surface area contributed by atoms with Gasteiger partial charge in [0.2, 0.25) is 0 Å². The lowest BCUT2D eigenvalue weighted by atomic mass is 10.3. The first-order valence-electron chi connectivity index (χ1n) is 4.90. The lowest BCUT2D eigenvalue weighted by Crippen LogP contribution is -2.18.